The van der Waals surface area contributed by atoms with E-state index in [-0.39, 0.29) is 17.7 Å². The van der Waals surface area contributed by atoms with E-state index >= 15 is 0 Å². The van der Waals surface area contributed by atoms with E-state index in [2.05, 4.69) is 21.2 Å². The van der Waals surface area contributed by atoms with Gasteiger partial charge in [0.1, 0.15) is 22.3 Å². The maximum absolute atomic E-state index is 13.2. The van der Waals surface area contributed by atoms with Gasteiger partial charge in [-0.25, -0.2) is 4.79 Å². The molecule has 2 aliphatic rings. The number of halogens is 1. The molecule has 2 fully saturated rings. The maximum Gasteiger partial charge on any atom is 0.381 e. The number of rotatable bonds is 6. The number of carbonyl (C=O) groups excluding carboxylic acids is 5. The topological polar surface area (TPSA) is 119 Å². The zero-order valence-electron chi connectivity index (χ0n) is 18.6. The Morgan fingerprint density at radius 2 is 1.82 bits per heavy atom. The summed E-state index contributed by atoms with van der Waals surface area (Å²) >= 11 is 4.06. The summed E-state index contributed by atoms with van der Waals surface area (Å²) in [6, 6.07) is 8.03. The Balaban J connectivity index is 1.90. The van der Waals surface area contributed by atoms with Crippen LogP contribution in [0.1, 0.15) is 33.3 Å². The molecule has 0 bridgehead atoms. The molecule has 9 nitrogen and oxygen atoms in total. The first-order valence-electron chi connectivity index (χ1n) is 10.3. The number of amides is 2. The van der Waals surface area contributed by atoms with E-state index in [9.17, 15) is 24.0 Å². The molecule has 4 atom stereocenters. The summed E-state index contributed by atoms with van der Waals surface area (Å²) < 4.78 is 10.7. The molecule has 1 aromatic rings. The second kappa shape index (κ2) is 9.46. The van der Waals surface area contributed by atoms with Gasteiger partial charge in [-0.2, -0.15) is 0 Å². The third kappa shape index (κ3) is 4.93. The van der Waals surface area contributed by atoms with Crippen LogP contribution < -0.4 is 5.32 Å². The lowest BCUT2D eigenvalue weighted by Crippen LogP contribution is -2.83. The van der Waals surface area contributed by atoms with Gasteiger partial charge < -0.3 is 14.8 Å². The molecule has 2 aliphatic heterocycles. The molecule has 1 N–H and O–H groups in total. The van der Waals surface area contributed by atoms with E-state index in [0.29, 0.717) is 0 Å². The molecule has 2 amide bonds. The molecule has 11 heteroatoms. The van der Waals surface area contributed by atoms with Crippen LogP contribution in [0.3, 0.4) is 0 Å². The fraction of sp³-hybridized carbons (Fsp3) is 0.500. The first-order valence-corrected chi connectivity index (χ1v) is 12.3. The lowest BCUT2D eigenvalue weighted by atomic mass is 9.94. The molecule has 178 valence electrons. The van der Waals surface area contributed by atoms with E-state index < -0.39 is 51.6 Å². The van der Waals surface area contributed by atoms with Crippen LogP contribution in [0.5, 0.6) is 0 Å². The molecule has 0 unspecified atom stereocenters. The number of esters is 2. The van der Waals surface area contributed by atoms with E-state index in [1.54, 1.807) is 52.0 Å². The second-order valence-electron chi connectivity index (χ2n) is 8.70. The summed E-state index contributed by atoms with van der Waals surface area (Å²) in [7, 11) is 0. The molecule has 0 aliphatic carbocycles. The van der Waals surface area contributed by atoms with Crippen molar-refractivity contribution in [1.29, 1.82) is 0 Å². The van der Waals surface area contributed by atoms with E-state index in [0.717, 1.165) is 22.2 Å². The van der Waals surface area contributed by atoms with Gasteiger partial charge >= 0.3 is 17.7 Å². The van der Waals surface area contributed by atoms with Gasteiger partial charge in [0.2, 0.25) is 11.7 Å². The van der Waals surface area contributed by atoms with Crippen molar-refractivity contribution in [3.63, 3.8) is 0 Å². The predicted molar refractivity (Wildman–Crippen MR) is 123 cm³/mol. The van der Waals surface area contributed by atoms with Crippen molar-refractivity contribution < 1.29 is 33.4 Å². The fourth-order valence-electron chi connectivity index (χ4n) is 3.62. The lowest BCUT2D eigenvalue weighted by Gasteiger charge is -2.56. The Kier molecular flexibility index (Phi) is 7.23. The number of nitrogens with one attached hydrogen (secondary N) is 1. The molecule has 1 aromatic carbocycles. The molecule has 3 rings (SSSR count). The van der Waals surface area contributed by atoms with Crippen LogP contribution in [0, 0.1) is 0 Å². The third-order valence-electron chi connectivity index (χ3n) is 5.00. The summed E-state index contributed by atoms with van der Waals surface area (Å²) in [6.45, 7) is 6.34. The lowest BCUT2D eigenvalue weighted by molar-refractivity contribution is -0.225. The molecule has 0 aromatic heterocycles. The molecule has 33 heavy (non-hydrogen) atoms. The van der Waals surface area contributed by atoms with Gasteiger partial charge in [0.15, 0.2) is 0 Å². The van der Waals surface area contributed by atoms with Crippen LogP contribution in [0.25, 0.3) is 0 Å². The number of ether oxygens (including phenoxy) is 2. The summed E-state index contributed by atoms with van der Waals surface area (Å²) in [5.41, 5.74) is -2.79. The first kappa shape index (κ1) is 25.2. The summed E-state index contributed by atoms with van der Waals surface area (Å²) in [6.07, 6.45) is 0.0618. The number of carbonyl (C=O) groups is 5. The molecule has 0 spiro atoms. The predicted octanol–water partition coefficient (Wildman–Crippen LogP) is 1.56. The van der Waals surface area contributed by atoms with Gasteiger partial charge in [0.05, 0.1) is 11.7 Å². The van der Waals surface area contributed by atoms with Crippen LogP contribution in [0.2, 0.25) is 0 Å². The number of ketones is 1. The number of benzene rings is 1. The Hall–Kier alpha value is -2.40. The minimum Gasteiger partial charge on any atom is -0.455 e. The monoisotopic (exact) mass is 540 g/mol. The van der Waals surface area contributed by atoms with Gasteiger partial charge in [-0.15, -0.1) is 11.8 Å². The number of alkyl halides is 1. The zero-order valence-corrected chi connectivity index (χ0v) is 21.0. The first-order chi connectivity index (χ1) is 15.4. The Labute approximate surface area is 204 Å². The minimum absolute atomic E-state index is 0.0618. The zero-order chi connectivity index (χ0) is 24.6. The van der Waals surface area contributed by atoms with Crippen LogP contribution in [0.4, 0.5) is 0 Å². The largest absolute Gasteiger partial charge is 0.455 e. The third-order valence-corrected chi connectivity index (χ3v) is 6.84. The minimum atomic E-state index is -2.55. The molecular weight excluding hydrogens is 516 g/mol. The molecule has 0 saturated carbocycles. The van der Waals surface area contributed by atoms with Crippen molar-refractivity contribution >= 4 is 57.2 Å². The summed E-state index contributed by atoms with van der Waals surface area (Å²) in [5.74, 6) is -3.91. The van der Waals surface area contributed by atoms with Gasteiger partial charge in [0.25, 0.3) is 5.91 Å². The Morgan fingerprint density at radius 3 is 2.39 bits per heavy atom. The van der Waals surface area contributed by atoms with Crippen LogP contribution >= 0.6 is 27.7 Å². The number of β-lactam (4-membered cyclic amide) rings is 1. The highest BCUT2D eigenvalue weighted by Crippen LogP contribution is 2.46. The van der Waals surface area contributed by atoms with Crippen molar-refractivity contribution in [3.8, 4) is 0 Å². The molecule has 2 heterocycles. The van der Waals surface area contributed by atoms with Crippen molar-refractivity contribution in [2.45, 2.75) is 62.1 Å². The van der Waals surface area contributed by atoms with Crippen molar-refractivity contribution in [3.05, 3.63) is 35.9 Å². The second-order valence-corrected chi connectivity index (χ2v) is 10.7. The van der Waals surface area contributed by atoms with Gasteiger partial charge in [-0.1, -0.05) is 46.3 Å². The molecule has 2 saturated heterocycles. The van der Waals surface area contributed by atoms with Crippen molar-refractivity contribution in [2.75, 3.05) is 5.33 Å². The average Bonchev–Trinajstić information content (AvgIpc) is 2.74. The number of fused-ring (bicyclic) bond motifs is 1. The highest BCUT2D eigenvalue weighted by molar-refractivity contribution is 9.09. The smallest absolute Gasteiger partial charge is 0.381 e. The SMILES string of the molecule is C[C@H]1S[C@@H]2[C@H](NC(=O)Cc3ccccc3)C(=O)N2[C@](OC(=O)CBr)(C(=O)OC(C)(C)C)C1=O. The number of thioether (sulfide) groups is 1. The van der Waals surface area contributed by atoms with Crippen LogP contribution in [0.15, 0.2) is 30.3 Å². The maximum atomic E-state index is 13.2. The van der Waals surface area contributed by atoms with Gasteiger partial charge in [-0.3, -0.25) is 24.1 Å². The number of Topliss-reactive ketones (excluding diaryl/α,β-unsaturated/α-hetero) is 1. The summed E-state index contributed by atoms with van der Waals surface area (Å²) in [4.78, 5) is 65.3. The van der Waals surface area contributed by atoms with Crippen LogP contribution in [-0.2, 0) is 39.9 Å². The van der Waals surface area contributed by atoms with Gasteiger partial charge in [-0.05, 0) is 33.3 Å². The van der Waals surface area contributed by atoms with E-state index in [4.69, 9.17) is 9.47 Å². The molecule has 0 radical (unpaired) electrons. The number of hydrogen-bond donors (Lipinski definition) is 1. The molecular formula is C22H25BrN2O7S. The number of hydrogen-bond acceptors (Lipinski definition) is 8. The van der Waals surface area contributed by atoms with E-state index in [1.807, 2.05) is 6.07 Å². The average molecular weight is 541 g/mol. The summed E-state index contributed by atoms with van der Waals surface area (Å²) in [5, 5.41) is 0.789. The highest BCUT2D eigenvalue weighted by atomic mass is 79.9. The van der Waals surface area contributed by atoms with Crippen LogP contribution in [-0.4, -0.2) is 67.8 Å². The quantitative estimate of drug-likeness (QED) is 0.250. The van der Waals surface area contributed by atoms with Crippen molar-refractivity contribution in [2.24, 2.45) is 0 Å². The van der Waals surface area contributed by atoms with E-state index in [1.165, 1.54) is 0 Å². The Bertz CT molecular complexity index is 981. The normalized spacial score (nSPS) is 26.7. The van der Waals surface area contributed by atoms with Crippen molar-refractivity contribution in [1.82, 2.24) is 10.2 Å². The highest BCUT2D eigenvalue weighted by Gasteiger charge is 2.71. The fourth-order valence-corrected chi connectivity index (χ4v) is 5.15. The Morgan fingerprint density at radius 1 is 1.18 bits per heavy atom. The van der Waals surface area contributed by atoms with Gasteiger partial charge in [0, 0.05) is 0 Å². The standard InChI is InChI=1S/C22H25BrN2O7S/c1-12-17(28)22(31-15(27)11-23,20(30)32-21(2,3)4)25-18(29)16(19(25)33-12)24-14(26)10-13-8-6-5-7-9-13/h5-9,12,16,19H,10-11H2,1-4H3,(H,24,26)/t12-,16-,19-,22-/m1/s1. The number of nitrogens with zero attached hydrogens (tertiary/aromatic N) is 1.